The van der Waals surface area contributed by atoms with Crippen LogP contribution in [0.1, 0.15) is 6.42 Å². The molecule has 1 heterocycles. The summed E-state index contributed by atoms with van der Waals surface area (Å²) in [5.41, 5.74) is 1.05. The van der Waals surface area contributed by atoms with Gasteiger partial charge in [0.15, 0.2) is 0 Å². The van der Waals surface area contributed by atoms with E-state index in [-0.39, 0.29) is 6.04 Å². The third-order valence-corrected chi connectivity index (χ3v) is 3.64. The molecule has 0 unspecified atom stereocenters. The second-order valence-electron chi connectivity index (χ2n) is 3.98. The van der Waals surface area contributed by atoms with Crippen molar-refractivity contribution in [1.82, 2.24) is 5.32 Å². The number of anilines is 1. The predicted octanol–water partition coefficient (Wildman–Crippen LogP) is 2.95. The molecule has 0 spiro atoms. The van der Waals surface area contributed by atoms with Gasteiger partial charge in [-0.15, -0.1) is 0 Å². The summed E-state index contributed by atoms with van der Waals surface area (Å²) in [5, 5.41) is 11.9. The number of hydrogen-bond donors (Lipinski definition) is 2. The van der Waals surface area contributed by atoms with Gasteiger partial charge in [-0.05, 0) is 40.5 Å². The maximum atomic E-state index is 10.6. The number of carboxylic acid groups (broad SMARTS) is 1. The van der Waals surface area contributed by atoms with E-state index in [1.807, 2.05) is 18.2 Å². The normalized spacial score (nSPS) is 19.4. The van der Waals surface area contributed by atoms with Crippen molar-refractivity contribution >= 4 is 39.3 Å². The van der Waals surface area contributed by atoms with Gasteiger partial charge in [-0.25, -0.2) is 4.79 Å². The molecule has 0 aliphatic carbocycles. The first-order chi connectivity index (χ1) is 8.06. The highest BCUT2D eigenvalue weighted by atomic mass is 79.9. The maximum absolute atomic E-state index is 10.6. The summed E-state index contributed by atoms with van der Waals surface area (Å²) in [4.78, 5) is 12.7. The summed E-state index contributed by atoms with van der Waals surface area (Å²) in [5.74, 6) is 0. The second kappa shape index (κ2) is 5.14. The maximum Gasteiger partial charge on any atom is 0.404 e. The molecule has 1 fully saturated rings. The Hall–Kier alpha value is -0.940. The van der Waals surface area contributed by atoms with Crippen molar-refractivity contribution in [2.75, 3.05) is 18.0 Å². The van der Waals surface area contributed by atoms with Crippen molar-refractivity contribution in [3.63, 3.8) is 0 Å². The van der Waals surface area contributed by atoms with Crippen LogP contribution in [0.25, 0.3) is 0 Å². The largest absolute Gasteiger partial charge is 0.465 e. The summed E-state index contributed by atoms with van der Waals surface area (Å²) in [6, 6.07) is 5.61. The minimum Gasteiger partial charge on any atom is -0.465 e. The van der Waals surface area contributed by atoms with Crippen molar-refractivity contribution in [3.05, 3.63) is 27.7 Å². The average Bonchev–Trinajstić information content (AvgIpc) is 2.65. The number of nitrogens with zero attached hydrogens (tertiary/aromatic N) is 1. The Morgan fingerprint density at radius 3 is 3.00 bits per heavy atom. The van der Waals surface area contributed by atoms with Crippen LogP contribution < -0.4 is 10.2 Å². The lowest BCUT2D eigenvalue weighted by atomic mass is 10.3. The summed E-state index contributed by atoms with van der Waals surface area (Å²) in [6.45, 7) is 1.53. The zero-order valence-corrected chi connectivity index (χ0v) is 11.3. The quantitative estimate of drug-likeness (QED) is 0.881. The van der Waals surface area contributed by atoms with Crippen LogP contribution in [-0.2, 0) is 0 Å². The molecular weight excluding hydrogens is 307 g/mol. The molecule has 92 valence electrons. The second-order valence-corrected chi connectivity index (χ2v) is 5.27. The van der Waals surface area contributed by atoms with E-state index in [0.29, 0.717) is 11.6 Å². The van der Waals surface area contributed by atoms with Gasteiger partial charge in [0.1, 0.15) is 0 Å². The summed E-state index contributed by atoms with van der Waals surface area (Å²) < 4.78 is 0.931. The zero-order chi connectivity index (χ0) is 12.4. The van der Waals surface area contributed by atoms with Gasteiger partial charge in [0.2, 0.25) is 0 Å². The number of carbonyl (C=O) groups is 1. The Kier molecular flexibility index (Phi) is 3.79. The van der Waals surface area contributed by atoms with E-state index < -0.39 is 6.09 Å². The van der Waals surface area contributed by atoms with Crippen molar-refractivity contribution in [2.24, 2.45) is 0 Å². The summed E-state index contributed by atoms with van der Waals surface area (Å²) >= 11 is 9.35. The topological polar surface area (TPSA) is 52.6 Å². The SMILES string of the molecule is O=C(O)N[C@@H]1CCN(c2ccc(Cl)cc2Br)C1. The van der Waals surface area contributed by atoms with Crippen molar-refractivity contribution < 1.29 is 9.90 Å². The molecule has 0 saturated carbocycles. The van der Waals surface area contributed by atoms with Crippen molar-refractivity contribution in [1.29, 1.82) is 0 Å². The van der Waals surface area contributed by atoms with Gasteiger partial charge in [0.25, 0.3) is 0 Å². The third kappa shape index (κ3) is 3.04. The summed E-state index contributed by atoms with van der Waals surface area (Å²) in [6.07, 6.45) is -0.145. The van der Waals surface area contributed by atoms with Crippen LogP contribution in [-0.4, -0.2) is 30.3 Å². The molecule has 1 amide bonds. The fourth-order valence-electron chi connectivity index (χ4n) is 2.01. The molecule has 2 N–H and O–H groups in total. The molecule has 1 aliphatic heterocycles. The number of benzene rings is 1. The van der Waals surface area contributed by atoms with Crippen LogP contribution in [0.15, 0.2) is 22.7 Å². The molecule has 1 aromatic rings. The molecule has 4 nitrogen and oxygen atoms in total. The van der Waals surface area contributed by atoms with Crippen LogP contribution in [0.3, 0.4) is 0 Å². The van der Waals surface area contributed by atoms with E-state index in [1.165, 1.54) is 0 Å². The molecule has 6 heteroatoms. The smallest absolute Gasteiger partial charge is 0.404 e. The lowest BCUT2D eigenvalue weighted by Crippen LogP contribution is -2.36. The van der Waals surface area contributed by atoms with Crippen LogP contribution >= 0.6 is 27.5 Å². The van der Waals surface area contributed by atoms with E-state index in [1.54, 1.807) is 0 Å². The van der Waals surface area contributed by atoms with E-state index in [9.17, 15) is 4.79 Å². The van der Waals surface area contributed by atoms with E-state index in [4.69, 9.17) is 16.7 Å². The zero-order valence-electron chi connectivity index (χ0n) is 8.99. The molecular formula is C11H12BrClN2O2. The fraction of sp³-hybridized carbons (Fsp3) is 0.364. The average molecular weight is 320 g/mol. The molecule has 1 aromatic carbocycles. The van der Waals surface area contributed by atoms with Crippen LogP contribution in [0.4, 0.5) is 10.5 Å². The molecule has 2 rings (SSSR count). The monoisotopic (exact) mass is 318 g/mol. The van der Waals surface area contributed by atoms with Gasteiger partial charge < -0.3 is 15.3 Å². The number of nitrogens with one attached hydrogen (secondary N) is 1. The van der Waals surface area contributed by atoms with Crippen LogP contribution in [0.5, 0.6) is 0 Å². The first kappa shape index (κ1) is 12.5. The van der Waals surface area contributed by atoms with Gasteiger partial charge in [-0.1, -0.05) is 11.6 Å². The number of hydrogen-bond acceptors (Lipinski definition) is 2. The minimum atomic E-state index is -0.966. The molecule has 17 heavy (non-hydrogen) atoms. The molecule has 1 saturated heterocycles. The van der Waals surface area contributed by atoms with E-state index in [2.05, 4.69) is 26.1 Å². The van der Waals surface area contributed by atoms with Gasteiger partial charge in [-0.2, -0.15) is 0 Å². The lowest BCUT2D eigenvalue weighted by Gasteiger charge is -2.20. The molecule has 1 atom stereocenters. The minimum absolute atomic E-state index is 0.00456. The Morgan fingerprint density at radius 1 is 1.59 bits per heavy atom. The Balaban J connectivity index is 2.07. The fourth-order valence-corrected chi connectivity index (χ4v) is 2.94. The number of rotatable bonds is 2. The highest BCUT2D eigenvalue weighted by Gasteiger charge is 2.24. The lowest BCUT2D eigenvalue weighted by molar-refractivity contribution is 0.191. The predicted molar refractivity (Wildman–Crippen MR) is 70.9 cm³/mol. The first-order valence-electron chi connectivity index (χ1n) is 5.25. The van der Waals surface area contributed by atoms with E-state index >= 15 is 0 Å². The van der Waals surface area contributed by atoms with Crippen LogP contribution in [0.2, 0.25) is 5.02 Å². The Labute approximate surface area is 113 Å². The molecule has 0 aromatic heterocycles. The first-order valence-corrected chi connectivity index (χ1v) is 6.43. The van der Waals surface area contributed by atoms with Gasteiger partial charge in [0.05, 0.1) is 11.7 Å². The Morgan fingerprint density at radius 2 is 2.35 bits per heavy atom. The number of halogens is 2. The molecule has 0 radical (unpaired) electrons. The van der Waals surface area contributed by atoms with Gasteiger partial charge in [0, 0.05) is 22.6 Å². The molecule has 1 aliphatic rings. The highest BCUT2D eigenvalue weighted by molar-refractivity contribution is 9.10. The van der Waals surface area contributed by atoms with Crippen molar-refractivity contribution in [2.45, 2.75) is 12.5 Å². The highest BCUT2D eigenvalue weighted by Crippen LogP contribution is 2.31. The van der Waals surface area contributed by atoms with Gasteiger partial charge in [-0.3, -0.25) is 0 Å². The summed E-state index contributed by atoms with van der Waals surface area (Å²) in [7, 11) is 0. The third-order valence-electron chi connectivity index (χ3n) is 2.77. The van der Waals surface area contributed by atoms with Gasteiger partial charge >= 0.3 is 6.09 Å². The molecule has 0 bridgehead atoms. The standard InChI is InChI=1S/C11H12BrClN2O2/c12-9-5-7(13)1-2-10(9)15-4-3-8(6-15)14-11(16)17/h1-2,5,8,14H,3-4,6H2,(H,16,17)/t8-/m1/s1. The van der Waals surface area contributed by atoms with E-state index in [0.717, 1.165) is 23.1 Å². The van der Waals surface area contributed by atoms with Crippen LogP contribution in [0, 0.1) is 0 Å². The number of amides is 1. The van der Waals surface area contributed by atoms with Crippen molar-refractivity contribution in [3.8, 4) is 0 Å². The Bertz CT molecular complexity index is 441.